The molecule has 2 fully saturated rings. The van der Waals surface area contributed by atoms with Crippen LogP contribution in [0.1, 0.15) is 33.6 Å². The standard InChI is InChI=1S/C13H24N2OS/c1-10-5-4-6-14(9-10)13(16)15-7-8-17-12(3)11(15)2/h10-12H,4-9H2,1-3H3. The number of rotatable bonds is 0. The quantitative estimate of drug-likeness (QED) is 0.665. The zero-order chi connectivity index (χ0) is 12.4. The van der Waals surface area contributed by atoms with Crippen LogP contribution in [0, 0.1) is 5.92 Å². The minimum Gasteiger partial charge on any atom is -0.324 e. The number of hydrogen-bond donors (Lipinski definition) is 0. The summed E-state index contributed by atoms with van der Waals surface area (Å²) < 4.78 is 0. The average Bonchev–Trinajstić information content (AvgIpc) is 2.32. The van der Waals surface area contributed by atoms with Crippen LogP contribution >= 0.6 is 11.8 Å². The second-order valence-corrected chi connectivity index (χ2v) is 6.97. The molecule has 3 unspecified atom stereocenters. The van der Waals surface area contributed by atoms with E-state index in [1.165, 1.54) is 12.8 Å². The SMILES string of the molecule is CC1CCCN(C(=O)N2CCSC(C)C2C)C1. The van der Waals surface area contributed by atoms with Crippen molar-refractivity contribution in [3.05, 3.63) is 0 Å². The van der Waals surface area contributed by atoms with E-state index in [4.69, 9.17) is 0 Å². The molecule has 2 rings (SSSR count). The molecule has 2 saturated heterocycles. The summed E-state index contributed by atoms with van der Waals surface area (Å²) in [7, 11) is 0. The van der Waals surface area contributed by atoms with Crippen LogP contribution in [0.5, 0.6) is 0 Å². The van der Waals surface area contributed by atoms with E-state index in [2.05, 4.69) is 30.6 Å². The Balaban J connectivity index is 1.98. The molecule has 0 saturated carbocycles. The zero-order valence-corrected chi connectivity index (χ0v) is 12.0. The van der Waals surface area contributed by atoms with E-state index in [1.807, 2.05) is 11.8 Å². The van der Waals surface area contributed by atoms with E-state index >= 15 is 0 Å². The van der Waals surface area contributed by atoms with Crippen LogP contribution in [0.2, 0.25) is 0 Å². The number of carbonyl (C=O) groups excluding carboxylic acids is 1. The van der Waals surface area contributed by atoms with Gasteiger partial charge < -0.3 is 9.80 Å². The summed E-state index contributed by atoms with van der Waals surface area (Å²) in [4.78, 5) is 16.6. The van der Waals surface area contributed by atoms with Gasteiger partial charge in [-0.25, -0.2) is 4.79 Å². The van der Waals surface area contributed by atoms with Crippen LogP contribution in [0.15, 0.2) is 0 Å². The first kappa shape index (κ1) is 13.1. The molecule has 0 radical (unpaired) electrons. The van der Waals surface area contributed by atoms with Crippen LogP contribution in [0.3, 0.4) is 0 Å². The summed E-state index contributed by atoms with van der Waals surface area (Å²) in [6.45, 7) is 9.48. The highest BCUT2D eigenvalue weighted by Crippen LogP contribution is 2.26. The minimum absolute atomic E-state index is 0.274. The lowest BCUT2D eigenvalue weighted by Crippen LogP contribution is -2.54. The Morgan fingerprint density at radius 3 is 2.71 bits per heavy atom. The molecular formula is C13H24N2OS. The monoisotopic (exact) mass is 256 g/mol. The second-order valence-electron chi connectivity index (χ2n) is 5.49. The van der Waals surface area contributed by atoms with Gasteiger partial charge in [0.2, 0.25) is 0 Å². The van der Waals surface area contributed by atoms with Gasteiger partial charge in [0.05, 0.1) is 0 Å². The van der Waals surface area contributed by atoms with Crippen molar-refractivity contribution >= 4 is 17.8 Å². The molecular weight excluding hydrogens is 232 g/mol. The van der Waals surface area contributed by atoms with Gasteiger partial charge in [0, 0.05) is 36.7 Å². The Morgan fingerprint density at radius 1 is 1.24 bits per heavy atom. The molecule has 17 heavy (non-hydrogen) atoms. The van der Waals surface area contributed by atoms with E-state index in [1.54, 1.807) is 0 Å². The number of likely N-dealkylation sites (tertiary alicyclic amines) is 1. The number of amides is 2. The maximum Gasteiger partial charge on any atom is 0.320 e. The van der Waals surface area contributed by atoms with Gasteiger partial charge in [-0.3, -0.25) is 0 Å². The Morgan fingerprint density at radius 2 is 2.00 bits per heavy atom. The number of urea groups is 1. The fourth-order valence-corrected chi connectivity index (χ4v) is 3.85. The lowest BCUT2D eigenvalue weighted by atomic mass is 10.0. The highest BCUT2D eigenvalue weighted by Gasteiger charge is 2.32. The van der Waals surface area contributed by atoms with E-state index in [9.17, 15) is 4.79 Å². The van der Waals surface area contributed by atoms with Gasteiger partial charge in [-0.1, -0.05) is 13.8 Å². The number of piperidine rings is 1. The maximum absolute atomic E-state index is 12.5. The molecule has 0 aromatic rings. The fraction of sp³-hybridized carbons (Fsp3) is 0.923. The van der Waals surface area contributed by atoms with Crippen LogP contribution < -0.4 is 0 Å². The molecule has 2 amide bonds. The highest BCUT2D eigenvalue weighted by atomic mass is 32.2. The Kier molecular flexibility index (Phi) is 4.23. The molecule has 3 atom stereocenters. The topological polar surface area (TPSA) is 23.6 Å². The minimum atomic E-state index is 0.274. The first-order chi connectivity index (χ1) is 8.09. The van der Waals surface area contributed by atoms with Gasteiger partial charge in [-0.05, 0) is 25.7 Å². The van der Waals surface area contributed by atoms with E-state index in [0.29, 0.717) is 17.2 Å². The van der Waals surface area contributed by atoms with Gasteiger partial charge >= 0.3 is 6.03 Å². The van der Waals surface area contributed by atoms with Crippen LogP contribution in [-0.2, 0) is 0 Å². The maximum atomic E-state index is 12.5. The predicted octanol–water partition coefficient (Wildman–Crippen LogP) is 2.66. The summed E-state index contributed by atoms with van der Waals surface area (Å²) >= 11 is 1.98. The lowest BCUT2D eigenvalue weighted by molar-refractivity contribution is 0.119. The van der Waals surface area contributed by atoms with Gasteiger partial charge in [-0.15, -0.1) is 0 Å². The molecule has 2 heterocycles. The number of hydrogen-bond acceptors (Lipinski definition) is 2. The fourth-order valence-electron chi connectivity index (χ4n) is 2.75. The van der Waals surface area contributed by atoms with Gasteiger partial charge in [0.25, 0.3) is 0 Å². The molecule has 98 valence electrons. The average molecular weight is 256 g/mol. The first-order valence-corrected chi connectivity index (χ1v) is 7.81. The molecule has 0 aromatic heterocycles. The normalized spacial score (nSPS) is 34.9. The van der Waals surface area contributed by atoms with Gasteiger partial charge in [0.15, 0.2) is 0 Å². The number of nitrogens with zero attached hydrogens (tertiary/aromatic N) is 2. The van der Waals surface area contributed by atoms with Crippen molar-refractivity contribution in [2.45, 2.75) is 44.9 Å². The highest BCUT2D eigenvalue weighted by molar-refractivity contribution is 8.00. The molecule has 2 aliphatic rings. The predicted molar refractivity (Wildman–Crippen MR) is 73.5 cm³/mol. The third kappa shape index (κ3) is 2.90. The van der Waals surface area contributed by atoms with Crippen molar-refractivity contribution in [1.29, 1.82) is 0 Å². The van der Waals surface area contributed by atoms with Gasteiger partial charge in [0.1, 0.15) is 0 Å². The van der Waals surface area contributed by atoms with Crippen molar-refractivity contribution in [2.24, 2.45) is 5.92 Å². The first-order valence-electron chi connectivity index (χ1n) is 6.76. The molecule has 0 aromatic carbocycles. The Hall–Kier alpha value is -0.380. The molecule has 4 heteroatoms. The van der Waals surface area contributed by atoms with Crippen molar-refractivity contribution in [3.8, 4) is 0 Å². The van der Waals surface area contributed by atoms with E-state index in [-0.39, 0.29) is 6.03 Å². The summed E-state index contributed by atoms with van der Waals surface area (Å²) in [6.07, 6.45) is 2.44. The molecule has 0 spiro atoms. The van der Waals surface area contributed by atoms with Crippen molar-refractivity contribution in [3.63, 3.8) is 0 Å². The zero-order valence-electron chi connectivity index (χ0n) is 11.2. The molecule has 0 bridgehead atoms. The molecule has 3 nitrogen and oxygen atoms in total. The largest absolute Gasteiger partial charge is 0.324 e. The van der Waals surface area contributed by atoms with E-state index < -0.39 is 0 Å². The van der Waals surface area contributed by atoms with Crippen molar-refractivity contribution in [2.75, 3.05) is 25.4 Å². The molecule has 0 N–H and O–H groups in total. The van der Waals surface area contributed by atoms with Gasteiger partial charge in [-0.2, -0.15) is 11.8 Å². The van der Waals surface area contributed by atoms with Crippen molar-refractivity contribution < 1.29 is 4.79 Å². The molecule has 2 aliphatic heterocycles. The number of thioether (sulfide) groups is 1. The summed E-state index contributed by atoms with van der Waals surface area (Å²) in [5.74, 6) is 1.75. The summed E-state index contributed by atoms with van der Waals surface area (Å²) in [5.41, 5.74) is 0. The smallest absolute Gasteiger partial charge is 0.320 e. The Labute approximate surface area is 109 Å². The molecule has 0 aliphatic carbocycles. The Bertz CT molecular complexity index is 285. The van der Waals surface area contributed by atoms with Crippen LogP contribution in [0.4, 0.5) is 4.79 Å². The third-order valence-electron chi connectivity index (χ3n) is 4.06. The second kappa shape index (κ2) is 5.51. The summed E-state index contributed by atoms with van der Waals surface area (Å²) in [5, 5.41) is 0.565. The summed E-state index contributed by atoms with van der Waals surface area (Å²) in [6, 6.07) is 0.648. The van der Waals surface area contributed by atoms with Crippen LogP contribution in [-0.4, -0.2) is 52.5 Å². The number of carbonyl (C=O) groups is 1. The third-order valence-corrected chi connectivity index (χ3v) is 5.40. The van der Waals surface area contributed by atoms with Crippen molar-refractivity contribution in [1.82, 2.24) is 9.80 Å². The lowest BCUT2D eigenvalue weighted by Gasteiger charge is -2.42. The van der Waals surface area contributed by atoms with E-state index in [0.717, 1.165) is 25.4 Å². The van der Waals surface area contributed by atoms with Crippen LogP contribution in [0.25, 0.3) is 0 Å².